The molecule has 0 aliphatic heterocycles. The van der Waals surface area contributed by atoms with Gasteiger partial charge in [-0.2, -0.15) is 0 Å². The molecule has 0 aromatic heterocycles. The minimum Gasteiger partial charge on any atom is -0.466 e. The molecule has 0 spiro atoms. The quantitative estimate of drug-likeness (QED) is 0.266. The van der Waals surface area contributed by atoms with Crippen molar-refractivity contribution in [2.24, 2.45) is 0 Å². The average Bonchev–Trinajstić information content (AvgIpc) is 2.72. The Hall–Kier alpha value is -3.39. The first kappa shape index (κ1) is 17.4. The van der Waals surface area contributed by atoms with Crippen molar-refractivity contribution in [3.8, 4) is 0 Å². The molecular formula is C24H20O2. The molecule has 0 amide bonds. The highest BCUT2D eigenvalue weighted by atomic mass is 16.5. The fourth-order valence-electron chi connectivity index (χ4n) is 2.76. The van der Waals surface area contributed by atoms with Crippen molar-refractivity contribution in [3.63, 3.8) is 0 Å². The summed E-state index contributed by atoms with van der Waals surface area (Å²) >= 11 is 0. The molecule has 3 aromatic carbocycles. The molecule has 0 radical (unpaired) electrons. The highest BCUT2D eigenvalue weighted by Crippen LogP contribution is 2.33. The van der Waals surface area contributed by atoms with E-state index in [0.29, 0.717) is 0 Å². The monoisotopic (exact) mass is 340 g/mol. The molecule has 0 aliphatic carbocycles. The number of hydrogen-bond donors (Lipinski definition) is 0. The van der Waals surface area contributed by atoms with Gasteiger partial charge in [0.15, 0.2) is 0 Å². The average molecular weight is 340 g/mol. The van der Waals surface area contributed by atoms with Gasteiger partial charge in [0, 0.05) is 6.08 Å². The minimum atomic E-state index is -0.376. The second-order valence-corrected chi connectivity index (χ2v) is 5.78. The van der Waals surface area contributed by atoms with E-state index in [4.69, 9.17) is 4.74 Å². The smallest absolute Gasteiger partial charge is 0.331 e. The first-order valence-electron chi connectivity index (χ1n) is 8.45. The largest absolute Gasteiger partial charge is 0.466 e. The normalized spacial score (nSPS) is 11.9. The number of allylic oxidation sites excluding steroid dienone is 2. The van der Waals surface area contributed by atoms with Gasteiger partial charge in [0.05, 0.1) is 7.11 Å². The number of carbonyl (C=O) groups excluding carboxylic acids is 1. The van der Waals surface area contributed by atoms with Crippen LogP contribution in [0.5, 0.6) is 0 Å². The predicted octanol–water partition coefficient (Wildman–Crippen LogP) is 5.48. The number of ether oxygens (including phenoxy) is 1. The van der Waals surface area contributed by atoms with Gasteiger partial charge in [-0.25, -0.2) is 4.79 Å². The van der Waals surface area contributed by atoms with Gasteiger partial charge in [-0.05, 0) is 33.9 Å². The Balaban J connectivity index is 2.21. The van der Waals surface area contributed by atoms with Crippen LogP contribution in [-0.4, -0.2) is 13.1 Å². The number of carbonyl (C=O) groups is 1. The molecule has 0 N–H and O–H groups in total. The van der Waals surface area contributed by atoms with Crippen LogP contribution in [-0.2, 0) is 9.53 Å². The van der Waals surface area contributed by atoms with Crippen LogP contribution in [0.15, 0.2) is 97.1 Å². The third-order valence-electron chi connectivity index (χ3n) is 4.03. The van der Waals surface area contributed by atoms with Crippen molar-refractivity contribution < 1.29 is 9.53 Å². The summed E-state index contributed by atoms with van der Waals surface area (Å²) in [6.45, 7) is 0. The zero-order valence-corrected chi connectivity index (χ0v) is 14.6. The molecule has 0 saturated carbocycles. The van der Waals surface area contributed by atoms with Crippen molar-refractivity contribution in [2.45, 2.75) is 0 Å². The Kier molecular flexibility index (Phi) is 5.79. The third kappa shape index (κ3) is 4.37. The van der Waals surface area contributed by atoms with Gasteiger partial charge in [-0.15, -0.1) is 0 Å². The van der Waals surface area contributed by atoms with E-state index in [1.54, 1.807) is 6.08 Å². The molecule has 0 atom stereocenters. The Morgan fingerprint density at radius 3 is 1.65 bits per heavy atom. The highest BCUT2D eigenvalue weighted by Gasteiger charge is 2.13. The molecule has 3 aromatic rings. The summed E-state index contributed by atoms with van der Waals surface area (Å²) in [4.78, 5) is 12.1. The maximum absolute atomic E-state index is 12.1. The van der Waals surface area contributed by atoms with E-state index in [9.17, 15) is 4.79 Å². The second kappa shape index (κ2) is 8.63. The number of esters is 1. The van der Waals surface area contributed by atoms with E-state index in [0.717, 1.165) is 27.8 Å². The predicted molar refractivity (Wildman–Crippen MR) is 107 cm³/mol. The lowest BCUT2D eigenvalue weighted by Gasteiger charge is -2.14. The Morgan fingerprint density at radius 2 is 1.15 bits per heavy atom. The van der Waals surface area contributed by atoms with E-state index in [1.807, 2.05) is 91.0 Å². The molecule has 2 heteroatoms. The van der Waals surface area contributed by atoms with Crippen LogP contribution in [0.25, 0.3) is 17.2 Å². The lowest BCUT2D eigenvalue weighted by Crippen LogP contribution is -1.99. The van der Waals surface area contributed by atoms with E-state index in [-0.39, 0.29) is 5.97 Å². The Labute approximate surface area is 154 Å². The fourth-order valence-corrected chi connectivity index (χ4v) is 2.76. The molecule has 0 fully saturated rings. The maximum Gasteiger partial charge on any atom is 0.331 e. The lowest BCUT2D eigenvalue weighted by atomic mass is 9.90. The lowest BCUT2D eigenvalue weighted by molar-refractivity contribution is -0.134. The minimum absolute atomic E-state index is 0.376. The number of rotatable bonds is 5. The van der Waals surface area contributed by atoms with Gasteiger partial charge in [-0.1, -0.05) is 91.0 Å². The van der Waals surface area contributed by atoms with Crippen LogP contribution in [0.4, 0.5) is 0 Å². The third-order valence-corrected chi connectivity index (χ3v) is 4.03. The van der Waals surface area contributed by atoms with Crippen LogP contribution < -0.4 is 0 Å². The van der Waals surface area contributed by atoms with Crippen molar-refractivity contribution >= 4 is 23.2 Å². The number of methoxy groups -OCH3 is 1. The van der Waals surface area contributed by atoms with Crippen molar-refractivity contribution in [1.29, 1.82) is 0 Å². The summed E-state index contributed by atoms with van der Waals surface area (Å²) in [6.07, 6.45) is 3.65. The van der Waals surface area contributed by atoms with Gasteiger partial charge in [0.25, 0.3) is 0 Å². The van der Waals surface area contributed by atoms with Crippen LogP contribution in [0.2, 0.25) is 0 Å². The van der Waals surface area contributed by atoms with Crippen LogP contribution >= 0.6 is 0 Å². The summed E-state index contributed by atoms with van der Waals surface area (Å²) in [5.41, 5.74) is 4.86. The van der Waals surface area contributed by atoms with Gasteiger partial charge in [0.2, 0.25) is 0 Å². The summed E-state index contributed by atoms with van der Waals surface area (Å²) in [5.74, 6) is -0.376. The maximum atomic E-state index is 12.1. The standard InChI is InChI=1S/C24H20O2/c1-26-24(25)18-23(21-15-9-4-10-16-21)22(20-13-7-3-8-14-20)17-19-11-5-2-6-12-19/h2-18H,1H3/b22-17+,23-18+. The molecule has 0 unspecified atom stereocenters. The first-order valence-corrected chi connectivity index (χ1v) is 8.45. The molecule has 0 heterocycles. The molecule has 0 aliphatic rings. The van der Waals surface area contributed by atoms with E-state index < -0.39 is 0 Å². The number of hydrogen-bond acceptors (Lipinski definition) is 2. The van der Waals surface area contributed by atoms with E-state index in [1.165, 1.54) is 7.11 Å². The Morgan fingerprint density at radius 1 is 0.692 bits per heavy atom. The van der Waals surface area contributed by atoms with Crippen molar-refractivity contribution in [2.75, 3.05) is 7.11 Å². The molecular weight excluding hydrogens is 320 g/mol. The molecule has 3 rings (SSSR count). The SMILES string of the molecule is COC(=O)/C=C(/C(=C/c1ccccc1)c1ccccc1)c1ccccc1. The van der Waals surface area contributed by atoms with Crippen LogP contribution in [0.3, 0.4) is 0 Å². The van der Waals surface area contributed by atoms with Crippen LogP contribution in [0, 0.1) is 0 Å². The molecule has 0 saturated heterocycles. The van der Waals surface area contributed by atoms with Gasteiger partial charge in [0.1, 0.15) is 0 Å². The molecule has 128 valence electrons. The highest BCUT2D eigenvalue weighted by molar-refractivity contribution is 6.15. The van der Waals surface area contributed by atoms with Gasteiger partial charge < -0.3 is 4.74 Å². The zero-order valence-electron chi connectivity index (χ0n) is 14.6. The van der Waals surface area contributed by atoms with Crippen molar-refractivity contribution in [3.05, 3.63) is 114 Å². The summed E-state index contributed by atoms with van der Waals surface area (Å²) in [5, 5.41) is 0. The van der Waals surface area contributed by atoms with Crippen molar-refractivity contribution in [1.82, 2.24) is 0 Å². The topological polar surface area (TPSA) is 26.3 Å². The summed E-state index contributed by atoms with van der Waals surface area (Å²) in [7, 11) is 1.39. The fraction of sp³-hybridized carbons (Fsp3) is 0.0417. The van der Waals surface area contributed by atoms with E-state index >= 15 is 0 Å². The summed E-state index contributed by atoms with van der Waals surface area (Å²) < 4.78 is 4.90. The first-order chi connectivity index (χ1) is 12.8. The second-order valence-electron chi connectivity index (χ2n) is 5.78. The molecule has 0 bridgehead atoms. The van der Waals surface area contributed by atoms with E-state index in [2.05, 4.69) is 6.08 Å². The zero-order chi connectivity index (χ0) is 18.2. The summed E-state index contributed by atoms with van der Waals surface area (Å²) in [6, 6.07) is 30.0. The van der Waals surface area contributed by atoms with Crippen LogP contribution in [0.1, 0.15) is 16.7 Å². The van der Waals surface area contributed by atoms with Gasteiger partial charge >= 0.3 is 5.97 Å². The van der Waals surface area contributed by atoms with Gasteiger partial charge in [-0.3, -0.25) is 0 Å². The molecule has 2 nitrogen and oxygen atoms in total. The number of benzene rings is 3. The molecule has 26 heavy (non-hydrogen) atoms. The Bertz CT molecular complexity index is 908.